The fourth-order valence-electron chi connectivity index (χ4n) is 2.59. The number of amides is 2. The predicted molar refractivity (Wildman–Crippen MR) is 112 cm³/mol. The Morgan fingerprint density at radius 3 is 2.74 bits per heavy atom. The van der Waals surface area contributed by atoms with Crippen LogP contribution in [0.4, 0.5) is 4.79 Å². The van der Waals surface area contributed by atoms with Gasteiger partial charge in [-0.05, 0) is 13.8 Å². The Kier molecular flexibility index (Phi) is 9.67. The Morgan fingerprint density at radius 2 is 2.15 bits per heavy atom. The number of carbonyl (C=O) groups excluding carboxylic acids is 1. The number of halogens is 1. The first-order valence-electron chi connectivity index (χ1n) is 8.24. The number of phosphoric acid groups is 1. The summed E-state index contributed by atoms with van der Waals surface area (Å²) in [6.45, 7) is 5.38. The molecule has 1 aromatic heterocycles. The zero-order chi connectivity index (χ0) is 19.2. The maximum atomic E-state index is 11.5. The van der Waals surface area contributed by atoms with Gasteiger partial charge in [0.15, 0.2) is 0 Å². The average Bonchev–Trinajstić information content (AvgIpc) is 3.11. The van der Waals surface area contributed by atoms with Gasteiger partial charge in [-0.3, -0.25) is 18.7 Å². The van der Waals surface area contributed by atoms with Crippen molar-refractivity contribution in [3.05, 3.63) is 17.5 Å². The number of hydroxylamine groups is 1. The maximum absolute atomic E-state index is 11.5. The normalized spacial score (nSPS) is 17.7. The molecule has 0 aliphatic carbocycles. The van der Waals surface area contributed by atoms with Crippen LogP contribution in [0.3, 0.4) is 0 Å². The molecule has 2 aliphatic rings. The van der Waals surface area contributed by atoms with Crippen molar-refractivity contribution in [2.75, 3.05) is 26.8 Å². The van der Waals surface area contributed by atoms with E-state index in [9.17, 15) is 9.36 Å². The van der Waals surface area contributed by atoms with Gasteiger partial charge in [0.05, 0.1) is 37.7 Å². The molecule has 3 rings (SSSR count). The molecule has 1 aromatic rings. The minimum atomic E-state index is -3.45. The third kappa shape index (κ3) is 6.14. The molecular weight excluding hydrogens is 490 g/mol. The Hall–Kier alpha value is -1.21. The first kappa shape index (κ1) is 23.8. The van der Waals surface area contributed by atoms with Crippen LogP contribution in [-0.4, -0.2) is 53.9 Å². The van der Waals surface area contributed by atoms with Gasteiger partial charge in [0.25, 0.3) is 0 Å². The predicted octanol–water partition coefficient (Wildman–Crippen LogP) is 2.21. The molecule has 0 unspecified atom stereocenters. The standard InChI is InChI=1S/C8H10N4O.C6H15N2O4P.HI.H2/c1-11-7-4-12-3-6(10-8(12)13)5(7)2-9-11;1-4-10-13(9,11-5-2)12-8-6-7-3;;/h2,6H,3-4H2,1H3,(H,10,13);6H,4-5H2,1-3H3,(H,7,8);2*1H/t6-;;;/m0.../s1. The Bertz CT molecular complexity index is 696. The van der Waals surface area contributed by atoms with E-state index in [0.29, 0.717) is 6.54 Å². The summed E-state index contributed by atoms with van der Waals surface area (Å²) in [4.78, 5) is 16.7. The van der Waals surface area contributed by atoms with Crippen molar-refractivity contribution in [3.63, 3.8) is 0 Å². The Balaban J connectivity index is 0.000000486. The highest BCUT2D eigenvalue weighted by molar-refractivity contribution is 14.0. The molecule has 2 bridgehead atoms. The fourth-order valence-corrected chi connectivity index (χ4v) is 3.58. The van der Waals surface area contributed by atoms with E-state index in [1.807, 2.05) is 22.8 Å². The molecule has 2 N–H and O–H groups in total. The van der Waals surface area contributed by atoms with Crippen molar-refractivity contribution in [3.8, 4) is 0 Å². The third-order valence-corrected chi connectivity index (χ3v) is 5.20. The maximum Gasteiger partial charge on any atom is 0.496 e. The van der Waals surface area contributed by atoms with E-state index in [2.05, 4.69) is 25.5 Å². The number of fused-ring (bicyclic) bond motifs is 4. The monoisotopic (exact) mass is 518 g/mol. The Labute approximate surface area is 176 Å². The number of aryl methyl sites for hydroxylation is 1. The van der Waals surface area contributed by atoms with Gasteiger partial charge in [-0.1, -0.05) is 0 Å². The van der Waals surface area contributed by atoms with Crippen LogP contribution in [0.2, 0.25) is 0 Å². The SMILES string of the molecule is CCOP(=O)(OCC)ONC=NC.Cn1ncc2c1CN1C[C@@H]2NC1=O.I.[HH]. The second kappa shape index (κ2) is 11.0. The first-order valence-corrected chi connectivity index (χ1v) is 9.70. The summed E-state index contributed by atoms with van der Waals surface area (Å²) in [5.41, 5.74) is 4.56. The number of hydrogen-bond acceptors (Lipinski definition) is 7. The highest BCUT2D eigenvalue weighted by atomic mass is 127. The molecule has 0 spiro atoms. The molecule has 1 saturated heterocycles. The van der Waals surface area contributed by atoms with Crippen LogP contribution in [-0.2, 0) is 31.8 Å². The smallest absolute Gasteiger partial charge is 0.329 e. The number of phosphoric ester groups is 1. The lowest BCUT2D eigenvalue weighted by molar-refractivity contribution is 0.102. The summed E-state index contributed by atoms with van der Waals surface area (Å²) in [5, 5.41) is 7.10. The van der Waals surface area contributed by atoms with Crippen LogP contribution >= 0.6 is 31.8 Å². The number of aromatic nitrogens is 2. The second-order valence-corrected chi connectivity index (χ2v) is 7.03. The molecule has 1 fully saturated rings. The van der Waals surface area contributed by atoms with Crippen molar-refractivity contribution in [1.29, 1.82) is 0 Å². The van der Waals surface area contributed by atoms with Gasteiger partial charge >= 0.3 is 13.9 Å². The van der Waals surface area contributed by atoms with Crippen LogP contribution in [0.25, 0.3) is 0 Å². The minimum Gasteiger partial charge on any atom is -0.329 e. The Morgan fingerprint density at radius 1 is 1.48 bits per heavy atom. The highest BCUT2D eigenvalue weighted by Crippen LogP contribution is 2.47. The summed E-state index contributed by atoms with van der Waals surface area (Å²) >= 11 is 0. The number of nitrogens with zero attached hydrogens (tertiary/aromatic N) is 4. The summed E-state index contributed by atoms with van der Waals surface area (Å²) in [6, 6.07) is 0.200. The molecule has 0 aromatic carbocycles. The van der Waals surface area contributed by atoms with Crippen molar-refractivity contribution in [1.82, 2.24) is 25.5 Å². The summed E-state index contributed by atoms with van der Waals surface area (Å²) in [5.74, 6) is 0. The second-order valence-electron chi connectivity index (χ2n) is 5.43. The average molecular weight is 518 g/mol. The van der Waals surface area contributed by atoms with Crippen LogP contribution in [0, 0.1) is 0 Å². The van der Waals surface area contributed by atoms with Crippen molar-refractivity contribution in [2.45, 2.75) is 26.4 Å². The summed E-state index contributed by atoms with van der Waals surface area (Å²) < 4.78 is 27.6. The van der Waals surface area contributed by atoms with Crippen molar-refractivity contribution < 1.29 is 24.5 Å². The van der Waals surface area contributed by atoms with E-state index in [-0.39, 0.29) is 50.7 Å². The van der Waals surface area contributed by atoms with Crippen LogP contribution in [0.5, 0.6) is 0 Å². The van der Waals surface area contributed by atoms with Gasteiger partial charge in [0.2, 0.25) is 0 Å². The van der Waals surface area contributed by atoms with Gasteiger partial charge in [-0.2, -0.15) is 9.72 Å². The lowest BCUT2D eigenvalue weighted by Gasteiger charge is -2.20. The van der Waals surface area contributed by atoms with E-state index >= 15 is 0 Å². The molecule has 1 atom stereocenters. The highest BCUT2D eigenvalue weighted by Gasteiger charge is 2.37. The van der Waals surface area contributed by atoms with Crippen molar-refractivity contribution >= 4 is 44.2 Å². The number of rotatable bonds is 7. The lowest BCUT2D eigenvalue weighted by Crippen LogP contribution is -2.28. The number of nitrogens with one attached hydrogen (secondary N) is 2. The molecule has 13 heteroatoms. The fraction of sp³-hybridized carbons (Fsp3) is 0.643. The molecule has 27 heavy (non-hydrogen) atoms. The summed E-state index contributed by atoms with van der Waals surface area (Å²) in [7, 11) is 0.00479. The van der Waals surface area contributed by atoms with E-state index < -0.39 is 7.82 Å². The number of urea groups is 1. The van der Waals surface area contributed by atoms with Gasteiger partial charge < -0.3 is 10.2 Å². The zero-order valence-corrected chi connectivity index (χ0v) is 19.0. The van der Waals surface area contributed by atoms with E-state index in [0.717, 1.165) is 12.2 Å². The largest absolute Gasteiger partial charge is 0.496 e. The van der Waals surface area contributed by atoms with Crippen molar-refractivity contribution in [2.24, 2.45) is 12.0 Å². The van der Waals surface area contributed by atoms with Gasteiger partial charge in [0, 0.05) is 27.6 Å². The minimum absolute atomic E-state index is 0. The molecule has 0 radical (unpaired) electrons. The van der Waals surface area contributed by atoms with E-state index in [4.69, 9.17) is 9.05 Å². The molecule has 3 heterocycles. The van der Waals surface area contributed by atoms with Gasteiger partial charge in [-0.15, -0.1) is 24.0 Å². The first-order chi connectivity index (χ1) is 12.4. The summed E-state index contributed by atoms with van der Waals surface area (Å²) in [6.07, 6.45) is 3.09. The quantitative estimate of drug-likeness (QED) is 0.187. The molecular formula is C14H28IN6O5P. The van der Waals surface area contributed by atoms with E-state index in [1.165, 1.54) is 11.9 Å². The van der Waals surface area contributed by atoms with Gasteiger partial charge in [-0.25, -0.2) is 14.8 Å². The number of carbonyl (C=O) groups is 1. The number of aliphatic imine (C=N–C) groups is 1. The molecule has 11 nitrogen and oxygen atoms in total. The zero-order valence-electron chi connectivity index (χ0n) is 15.7. The molecule has 0 saturated carbocycles. The molecule has 2 aliphatic heterocycles. The van der Waals surface area contributed by atoms with Crippen LogP contribution < -0.4 is 10.8 Å². The molecule has 2 amide bonds. The van der Waals surface area contributed by atoms with Gasteiger partial charge in [0.1, 0.15) is 6.34 Å². The topological polar surface area (TPSA) is 119 Å². The number of hydrogen-bond donors (Lipinski definition) is 2. The van der Waals surface area contributed by atoms with E-state index in [1.54, 1.807) is 20.9 Å². The van der Waals surface area contributed by atoms with Crippen LogP contribution in [0.15, 0.2) is 11.2 Å². The van der Waals surface area contributed by atoms with Crippen LogP contribution in [0.1, 0.15) is 32.6 Å². The molecule has 156 valence electrons. The lowest BCUT2D eigenvalue weighted by atomic mass is 10.1. The third-order valence-electron chi connectivity index (χ3n) is 3.72.